The number of carbonyl (C=O) groups excluding carboxylic acids is 1. The first-order valence-electron chi connectivity index (χ1n) is 6.05. The van der Waals surface area contributed by atoms with Crippen LogP contribution < -0.4 is 4.90 Å². The van der Waals surface area contributed by atoms with Gasteiger partial charge in [0.05, 0.1) is 6.04 Å². The van der Waals surface area contributed by atoms with Gasteiger partial charge in [0, 0.05) is 29.8 Å². The van der Waals surface area contributed by atoms with Crippen molar-refractivity contribution in [2.45, 2.75) is 13.0 Å². The quantitative estimate of drug-likeness (QED) is 0.802. The maximum atomic E-state index is 12.3. The summed E-state index contributed by atoms with van der Waals surface area (Å²) >= 11 is 3.40. The molecule has 1 aliphatic rings. The number of nitrogens with zero attached hydrogens (tertiary/aromatic N) is 2. The van der Waals surface area contributed by atoms with Gasteiger partial charge in [-0.3, -0.25) is 9.69 Å². The molecule has 2 rings (SSSR count). The van der Waals surface area contributed by atoms with Crippen molar-refractivity contribution in [2.75, 3.05) is 24.5 Å². The third kappa shape index (κ3) is 2.65. The van der Waals surface area contributed by atoms with Gasteiger partial charge in [-0.25, -0.2) is 0 Å². The number of carbonyl (C=O) groups is 1. The highest BCUT2D eigenvalue weighted by Gasteiger charge is 2.31. The molecule has 1 unspecified atom stereocenters. The topological polar surface area (TPSA) is 23.6 Å². The average Bonchev–Trinajstić information content (AvgIpc) is 2.37. The molecule has 0 aliphatic carbocycles. The molecule has 0 saturated carbocycles. The Labute approximate surface area is 116 Å². The van der Waals surface area contributed by atoms with Crippen molar-refractivity contribution < 1.29 is 4.79 Å². The lowest BCUT2D eigenvalue weighted by atomic mass is 10.1. The molecule has 0 bridgehead atoms. The highest BCUT2D eigenvalue weighted by Crippen LogP contribution is 2.22. The molecule has 1 fully saturated rings. The number of anilines is 1. The average molecular weight is 309 g/mol. The molecule has 3 nitrogen and oxygen atoms in total. The minimum absolute atomic E-state index is 0.0830. The van der Waals surface area contributed by atoms with Gasteiger partial charge in [0.1, 0.15) is 0 Å². The second kappa shape index (κ2) is 5.67. The molecule has 18 heavy (non-hydrogen) atoms. The van der Waals surface area contributed by atoms with Gasteiger partial charge in [-0.05, 0) is 31.2 Å². The van der Waals surface area contributed by atoms with E-state index in [1.165, 1.54) is 0 Å². The summed E-state index contributed by atoms with van der Waals surface area (Å²) in [5.41, 5.74) is 0.966. The first kappa shape index (κ1) is 13.3. The SMILES string of the molecule is C=CCN1CCN(c2ccc(Br)cc2)C(=O)C1C. The minimum Gasteiger partial charge on any atom is -0.310 e. The Bertz CT molecular complexity index is 444. The largest absolute Gasteiger partial charge is 0.310 e. The van der Waals surface area contributed by atoms with Gasteiger partial charge < -0.3 is 4.90 Å². The van der Waals surface area contributed by atoms with E-state index >= 15 is 0 Å². The van der Waals surface area contributed by atoms with Gasteiger partial charge in [-0.15, -0.1) is 6.58 Å². The third-order valence-corrected chi connectivity index (χ3v) is 3.81. The standard InChI is InChI=1S/C14H17BrN2O/c1-3-8-16-9-10-17(14(18)11(16)2)13-6-4-12(15)5-7-13/h3-7,11H,1,8-10H2,2H3. The van der Waals surface area contributed by atoms with Gasteiger partial charge in [-0.1, -0.05) is 22.0 Å². The molecule has 1 atom stereocenters. The molecule has 1 aromatic rings. The summed E-state index contributed by atoms with van der Waals surface area (Å²) in [6, 6.07) is 7.78. The summed E-state index contributed by atoms with van der Waals surface area (Å²) in [6.45, 7) is 8.07. The minimum atomic E-state index is -0.0830. The maximum absolute atomic E-state index is 12.3. The van der Waals surface area contributed by atoms with Crippen molar-refractivity contribution in [3.05, 3.63) is 41.4 Å². The van der Waals surface area contributed by atoms with Gasteiger partial charge >= 0.3 is 0 Å². The number of benzene rings is 1. The Kier molecular flexibility index (Phi) is 4.19. The Balaban J connectivity index is 2.15. The molecule has 1 aromatic carbocycles. The van der Waals surface area contributed by atoms with E-state index in [4.69, 9.17) is 0 Å². The summed E-state index contributed by atoms with van der Waals surface area (Å²) in [7, 11) is 0. The number of halogens is 1. The molecule has 4 heteroatoms. The lowest BCUT2D eigenvalue weighted by Crippen LogP contribution is -2.55. The van der Waals surface area contributed by atoms with Crippen LogP contribution in [0.25, 0.3) is 0 Å². The lowest BCUT2D eigenvalue weighted by molar-refractivity contribution is -0.124. The van der Waals surface area contributed by atoms with E-state index in [1.807, 2.05) is 42.2 Å². The van der Waals surface area contributed by atoms with Crippen molar-refractivity contribution in [1.29, 1.82) is 0 Å². The van der Waals surface area contributed by atoms with E-state index in [2.05, 4.69) is 27.4 Å². The van der Waals surface area contributed by atoms with Gasteiger partial charge in [-0.2, -0.15) is 0 Å². The predicted octanol–water partition coefficient (Wildman–Crippen LogP) is 2.67. The zero-order valence-electron chi connectivity index (χ0n) is 10.5. The van der Waals surface area contributed by atoms with E-state index in [1.54, 1.807) is 0 Å². The molecule has 96 valence electrons. The number of piperazine rings is 1. The maximum Gasteiger partial charge on any atom is 0.244 e. The van der Waals surface area contributed by atoms with Crippen LogP contribution in [-0.4, -0.2) is 36.5 Å². The van der Waals surface area contributed by atoms with E-state index in [-0.39, 0.29) is 11.9 Å². The first-order valence-corrected chi connectivity index (χ1v) is 6.84. The van der Waals surface area contributed by atoms with E-state index in [0.717, 1.165) is 29.8 Å². The molecule has 0 aromatic heterocycles. The Morgan fingerprint density at radius 2 is 2.06 bits per heavy atom. The van der Waals surface area contributed by atoms with Gasteiger partial charge in [0.15, 0.2) is 0 Å². The van der Waals surface area contributed by atoms with Crippen LogP contribution in [0.3, 0.4) is 0 Å². The molecule has 0 radical (unpaired) electrons. The van der Waals surface area contributed by atoms with E-state index < -0.39 is 0 Å². The molecule has 1 amide bonds. The number of hydrogen-bond acceptors (Lipinski definition) is 2. The Morgan fingerprint density at radius 1 is 1.39 bits per heavy atom. The molecule has 0 N–H and O–H groups in total. The summed E-state index contributed by atoms with van der Waals surface area (Å²) < 4.78 is 1.03. The first-order chi connectivity index (χ1) is 8.63. The van der Waals surface area contributed by atoms with Crippen LogP contribution in [-0.2, 0) is 4.79 Å². The highest BCUT2D eigenvalue weighted by atomic mass is 79.9. The molecule has 1 saturated heterocycles. The zero-order valence-corrected chi connectivity index (χ0v) is 12.1. The van der Waals surface area contributed by atoms with Crippen LogP contribution in [0.1, 0.15) is 6.92 Å². The number of rotatable bonds is 3. The van der Waals surface area contributed by atoms with Crippen LogP contribution in [0.15, 0.2) is 41.4 Å². The van der Waals surface area contributed by atoms with Gasteiger partial charge in [0.25, 0.3) is 0 Å². The second-order valence-corrected chi connectivity index (χ2v) is 5.34. The fraction of sp³-hybridized carbons (Fsp3) is 0.357. The fourth-order valence-electron chi connectivity index (χ4n) is 2.21. The lowest BCUT2D eigenvalue weighted by Gasteiger charge is -2.38. The molecule has 0 spiro atoms. The van der Waals surface area contributed by atoms with Crippen molar-refractivity contribution >= 4 is 27.5 Å². The Morgan fingerprint density at radius 3 is 2.67 bits per heavy atom. The Hall–Kier alpha value is -1.13. The molecule has 1 aliphatic heterocycles. The smallest absolute Gasteiger partial charge is 0.244 e. The monoisotopic (exact) mass is 308 g/mol. The fourth-order valence-corrected chi connectivity index (χ4v) is 2.47. The summed E-state index contributed by atoms with van der Waals surface area (Å²) in [4.78, 5) is 16.3. The van der Waals surface area contributed by atoms with Crippen molar-refractivity contribution in [3.8, 4) is 0 Å². The second-order valence-electron chi connectivity index (χ2n) is 4.43. The summed E-state index contributed by atoms with van der Waals surface area (Å²) in [6.07, 6.45) is 1.85. The molecule has 1 heterocycles. The normalized spacial score (nSPS) is 21.1. The van der Waals surface area contributed by atoms with Crippen LogP contribution in [0.2, 0.25) is 0 Å². The van der Waals surface area contributed by atoms with Crippen molar-refractivity contribution in [2.24, 2.45) is 0 Å². The third-order valence-electron chi connectivity index (χ3n) is 3.28. The van der Waals surface area contributed by atoms with Gasteiger partial charge in [0.2, 0.25) is 5.91 Å². The molecular weight excluding hydrogens is 292 g/mol. The van der Waals surface area contributed by atoms with E-state index in [0.29, 0.717) is 0 Å². The molecular formula is C14H17BrN2O. The van der Waals surface area contributed by atoms with Crippen molar-refractivity contribution in [1.82, 2.24) is 4.90 Å². The summed E-state index contributed by atoms with van der Waals surface area (Å²) in [5, 5.41) is 0. The van der Waals surface area contributed by atoms with Crippen molar-refractivity contribution in [3.63, 3.8) is 0 Å². The van der Waals surface area contributed by atoms with Crippen LogP contribution in [0.4, 0.5) is 5.69 Å². The van der Waals surface area contributed by atoms with E-state index in [9.17, 15) is 4.79 Å². The highest BCUT2D eigenvalue weighted by molar-refractivity contribution is 9.10. The van der Waals surface area contributed by atoms with Crippen LogP contribution in [0.5, 0.6) is 0 Å². The van der Waals surface area contributed by atoms with Crippen LogP contribution >= 0.6 is 15.9 Å². The zero-order chi connectivity index (χ0) is 13.1. The number of hydrogen-bond donors (Lipinski definition) is 0. The van der Waals surface area contributed by atoms with Crippen LogP contribution in [0, 0.1) is 0 Å². The number of amides is 1. The summed E-state index contributed by atoms with van der Waals surface area (Å²) in [5.74, 6) is 0.158. The predicted molar refractivity (Wildman–Crippen MR) is 77.7 cm³/mol.